The molecule has 0 bridgehead atoms. The van der Waals surface area contributed by atoms with Gasteiger partial charge in [0.2, 0.25) is 11.8 Å². The third-order valence-electron chi connectivity index (χ3n) is 7.81. The summed E-state index contributed by atoms with van der Waals surface area (Å²) in [6.45, 7) is 3.33. The van der Waals surface area contributed by atoms with E-state index in [1.54, 1.807) is 26.0 Å². The minimum Gasteiger partial charge on any atom is -0.317 e. The van der Waals surface area contributed by atoms with Crippen molar-refractivity contribution in [3.63, 3.8) is 0 Å². The third kappa shape index (κ3) is 7.84. The second-order valence-electron chi connectivity index (χ2n) is 11.0. The van der Waals surface area contributed by atoms with E-state index in [1.807, 2.05) is 0 Å². The number of hydrogen-bond acceptors (Lipinski definition) is 5. The predicted molar refractivity (Wildman–Crippen MR) is 138 cm³/mol. The highest BCUT2D eigenvalue weighted by molar-refractivity contribution is 6.11. The van der Waals surface area contributed by atoms with Gasteiger partial charge in [0.1, 0.15) is 5.82 Å². The minimum absolute atomic E-state index is 0.156. The molecule has 5 amide bonds. The number of hydrazine groups is 1. The SMILES string of the molecule is CC(Cc1cccc(F)c1)C(=O)N(C(=O)NNC(=O)C1(N)CCCCC1)C(=O)C(C)CC1CCCCC1. The van der Waals surface area contributed by atoms with E-state index < -0.39 is 46.9 Å². The molecule has 204 valence electrons. The Hall–Kier alpha value is -2.81. The highest BCUT2D eigenvalue weighted by atomic mass is 19.1. The summed E-state index contributed by atoms with van der Waals surface area (Å²) in [5, 5.41) is 0. The molecular weight excluding hydrogens is 475 g/mol. The molecule has 0 aliphatic heterocycles. The van der Waals surface area contributed by atoms with E-state index >= 15 is 0 Å². The van der Waals surface area contributed by atoms with Gasteiger partial charge in [0.15, 0.2) is 0 Å². The number of nitrogens with zero attached hydrogens (tertiary/aromatic N) is 1. The second-order valence-corrected chi connectivity index (χ2v) is 11.0. The molecule has 2 saturated carbocycles. The normalized spacial score (nSPS) is 19.4. The Morgan fingerprint density at radius 1 is 0.973 bits per heavy atom. The van der Waals surface area contributed by atoms with Crippen LogP contribution < -0.4 is 16.6 Å². The molecular formula is C28H41FN4O4. The lowest BCUT2D eigenvalue weighted by Gasteiger charge is -2.32. The summed E-state index contributed by atoms with van der Waals surface area (Å²) in [5.74, 6) is -3.21. The molecule has 2 atom stereocenters. The van der Waals surface area contributed by atoms with Gasteiger partial charge in [-0.3, -0.25) is 19.8 Å². The van der Waals surface area contributed by atoms with E-state index in [-0.39, 0.29) is 6.42 Å². The summed E-state index contributed by atoms with van der Waals surface area (Å²) >= 11 is 0. The van der Waals surface area contributed by atoms with Crippen LogP contribution >= 0.6 is 0 Å². The van der Waals surface area contributed by atoms with Gasteiger partial charge in [0, 0.05) is 11.8 Å². The summed E-state index contributed by atoms with van der Waals surface area (Å²) < 4.78 is 13.7. The van der Waals surface area contributed by atoms with Crippen LogP contribution in [0.1, 0.15) is 90.0 Å². The fourth-order valence-electron chi connectivity index (χ4n) is 5.58. The number of benzene rings is 1. The first-order valence-electron chi connectivity index (χ1n) is 13.6. The number of hydrogen-bond donors (Lipinski definition) is 3. The molecule has 0 radical (unpaired) electrons. The van der Waals surface area contributed by atoms with Crippen LogP contribution in [0, 0.1) is 23.6 Å². The van der Waals surface area contributed by atoms with E-state index in [1.165, 1.54) is 18.6 Å². The zero-order valence-electron chi connectivity index (χ0n) is 22.1. The van der Waals surface area contributed by atoms with E-state index in [9.17, 15) is 23.6 Å². The van der Waals surface area contributed by atoms with Gasteiger partial charge in [-0.05, 0) is 49.3 Å². The molecule has 8 nitrogen and oxygen atoms in total. The van der Waals surface area contributed by atoms with E-state index in [4.69, 9.17) is 5.73 Å². The quantitative estimate of drug-likeness (QED) is 0.465. The number of carbonyl (C=O) groups excluding carboxylic acids is 4. The zero-order chi connectivity index (χ0) is 27.0. The monoisotopic (exact) mass is 516 g/mol. The molecule has 3 rings (SSSR count). The molecule has 1 aromatic rings. The highest BCUT2D eigenvalue weighted by Gasteiger charge is 2.38. The molecule has 9 heteroatoms. The van der Waals surface area contributed by atoms with Crippen molar-refractivity contribution in [2.45, 2.75) is 96.4 Å². The van der Waals surface area contributed by atoms with Gasteiger partial charge in [-0.1, -0.05) is 77.3 Å². The average Bonchev–Trinajstić information content (AvgIpc) is 2.88. The van der Waals surface area contributed by atoms with Gasteiger partial charge in [-0.25, -0.2) is 14.6 Å². The Kier molecular flexibility index (Phi) is 10.2. The van der Waals surface area contributed by atoms with Gasteiger partial charge in [0.05, 0.1) is 5.54 Å². The Bertz CT molecular complexity index is 973. The van der Waals surface area contributed by atoms with Crippen LogP contribution in [-0.4, -0.2) is 34.2 Å². The van der Waals surface area contributed by atoms with E-state index in [0.717, 1.165) is 44.9 Å². The molecule has 2 aliphatic rings. The first kappa shape index (κ1) is 28.8. The Labute approximate surface area is 218 Å². The molecule has 2 unspecified atom stereocenters. The smallest absolute Gasteiger partial charge is 0.317 e. The summed E-state index contributed by atoms with van der Waals surface area (Å²) in [5.41, 5.74) is 10.3. The lowest BCUT2D eigenvalue weighted by atomic mass is 9.82. The molecule has 1 aromatic carbocycles. The number of carbonyl (C=O) groups is 4. The number of nitrogens with one attached hydrogen (secondary N) is 2. The standard InChI is InChI=1S/C28H41FN4O4/c1-19(16-21-10-5-3-6-11-21)24(34)33(25(35)20(2)17-22-12-9-13-23(29)18-22)27(37)32-31-26(36)28(30)14-7-4-8-15-28/h9,12-13,18-21H,3-8,10-11,14-17,30H2,1-2H3,(H,31,36)(H,32,37). The molecule has 4 N–H and O–H groups in total. The van der Waals surface area contributed by atoms with E-state index in [0.29, 0.717) is 35.6 Å². The zero-order valence-corrected chi connectivity index (χ0v) is 22.1. The fraction of sp³-hybridized carbons (Fsp3) is 0.643. The molecule has 0 spiro atoms. The minimum atomic E-state index is -1.09. The first-order chi connectivity index (χ1) is 17.6. The number of rotatable bonds is 7. The van der Waals surface area contributed by atoms with Crippen LogP contribution in [0.5, 0.6) is 0 Å². The van der Waals surface area contributed by atoms with Crippen molar-refractivity contribution in [3.05, 3.63) is 35.6 Å². The predicted octanol–water partition coefficient (Wildman–Crippen LogP) is 4.37. The molecule has 0 heterocycles. The van der Waals surface area contributed by atoms with Crippen molar-refractivity contribution in [1.82, 2.24) is 15.8 Å². The lowest BCUT2D eigenvalue weighted by molar-refractivity contribution is -0.146. The topological polar surface area (TPSA) is 122 Å². The van der Waals surface area contributed by atoms with Crippen molar-refractivity contribution in [1.29, 1.82) is 0 Å². The Morgan fingerprint density at radius 3 is 2.24 bits per heavy atom. The highest BCUT2D eigenvalue weighted by Crippen LogP contribution is 2.30. The van der Waals surface area contributed by atoms with Gasteiger partial charge in [-0.2, -0.15) is 4.90 Å². The molecule has 0 aromatic heterocycles. The maximum absolute atomic E-state index is 13.7. The Balaban J connectivity index is 1.72. The van der Waals surface area contributed by atoms with Crippen LogP contribution in [-0.2, 0) is 20.8 Å². The number of amides is 5. The van der Waals surface area contributed by atoms with Gasteiger partial charge in [-0.15, -0.1) is 0 Å². The van der Waals surface area contributed by atoms with Crippen LogP contribution in [0.4, 0.5) is 9.18 Å². The maximum atomic E-state index is 13.7. The summed E-state index contributed by atoms with van der Waals surface area (Å²) in [7, 11) is 0. The van der Waals surface area contributed by atoms with Gasteiger partial charge in [0.25, 0.3) is 5.91 Å². The average molecular weight is 517 g/mol. The molecule has 2 fully saturated rings. The van der Waals surface area contributed by atoms with Crippen LogP contribution in [0.3, 0.4) is 0 Å². The summed E-state index contributed by atoms with van der Waals surface area (Å²) in [6.07, 6.45) is 9.86. The van der Waals surface area contributed by atoms with Gasteiger partial charge >= 0.3 is 6.03 Å². The molecule has 37 heavy (non-hydrogen) atoms. The van der Waals surface area contributed by atoms with Crippen molar-refractivity contribution in [2.75, 3.05) is 0 Å². The summed E-state index contributed by atoms with van der Waals surface area (Å²) in [6, 6.07) is 4.87. The molecule has 0 saturated heterocycles. The number of urea groups is 1. The summed E-state index contributed by atoms with van der Waals surface area (Å²) in [4.78, 5) is 53.4. The Morgan fingerprint density at radius 2 is 1.59 bits per heavy atom. The van der Waals surface area contributed by atoms with Crippen molar-refractivity contribution in [3.8, 4) is 0 Å². The second kappa shape index (κ2) is 13.1. The van der Waals surface area contributed by atoms with Crippen LogP contribution in [0.15, 0.2) is 24.3 Å². The number of halogens is 1. The van der Waals surface area contributed by atoms with Crippen molar-refractivity contribution < 1.29 is 23.6 Å². The van der Waals surface area contributed by atoms with Gasteiger partial charge < -0.3 is 5.73 Å². The van der Waals surface area contributed by atoms with Crippen molar-refractivity contribution >= 4 is 23.8 Å². The van der Waals surface area contributed by atoms with E-state index in [2.05, 4.69) is 10.9 Å². The largest absolute Gasteiger partial charge is 0.349 e. The number of nitrogens with two attached hydrogens (primary N) is 1. The maximum Gasteiger partial charge on any atom is 0.349 e. The lowest BCUT2D eigenvalue weighted by Crippen LogP contribution is -2.61. The van der Waals surface area contributed by atoms with Crippen LogP contribution in [0.2, 0.25) is 0 Å². The van der Waals surface area contributed by atoms with Crippen molar-refractivity contribution in [2.24, 2.45) is 23.5 Å². The van der Waals surface area contributed by atoms with Crippen LogP contribution in [0.25, 0.3) is 0 Å². The first-order valence-corrected chi connectivity index (χ1v) is 13.6. The number of imide groups is 3. The molecule has 2 aliphatic carbocycles. The third-order valence-corrected chi connectivity index (χ3v) is 7.81. The fourth-order valence-corrected chi connectivity index (χ4v) is 5.58.